The highest BCUT2D eigenvalue weighted by Gasteiger charge is 2.33. The molecule has 0 amide bonds. The number of nitrogens with zero attached hydrogens (tertiary/aromatic N) is 6. The van der Waals surface area contributed by atoms with Crippen molar-refractivity contribution in [2.75, 3.05) is 26.2 Å². The first-order chi connectivity index (χ1) is 13.6. The minimum absolute atomic E-state index is 0.285. The van der Waals surface area contributed by atoms with Crippen molar-refractivity contribution in [3.63, 3.8) is 0 Å². The van der Waals surface area contributed by atoms with E-state index in [4.69, 9.17) is 11.6 Å². The summed E-state index contributed by atoms with van der Waals surface area (Å²) in [7, 11) is 0. The number of hydrogen-bond acceptors (Lipinski definition) is 5. The molecule has 1 saturated heterocycles. The van der Waals surface area contributed by atoms with Gasteiger partial charge in [0.2, 0.25) is 0 Å². The first kappa shape index (κ1) is 19.8. The molecule has 6 nitrogen and oxygen atoms in total. The Kier molecular flexibility index (Phi) is 6.28. The van der Waals surface area contributed by atoms with Gasteiger partial charge in [0.05, 0.1) is 12.1 Å². The number of hydrogen-bond donors (Lipinski definition) is 0. The zero-order chi connectivity index (χ0) is 19.5. The summed E-state index contributed by atoms with van der Waals surface area (Å²) >= 11 is 6.01. The van der Waals surface area contributed by atoms with Crippen LogP contribution in [0.3, 0.4) is 0 Å². The maximum absolute atomic E-state index is 6.01. The van der Waals surface area contributed by atoms with Crippen molar-refractivity contribution in [3.05, 3.63) is 40.7 Å². The van der Waals surface area contributed by atoms with Crippen LogP contribution in [0.4, 0.5) is 0 Å². The van der Waals surface area contributed by atoms with Gasteiger partial charge in [-0.1, -0.05) is 50.4 Å². The molecule has 0 radical (unpaired) electrons. The molecule has 2 fully saturated rings. The van der Waals surface area contributed by atoms with E-state index in [1.807, 2.05) is 12.1 Å². The highest BCUT2D eigenvalue weighted by molar-refractivity contribution is 6.30. The maximum Gasteiger partial charge on any atom is 0.168 e. The van der Waals surface area contributed by atoms with Gasteiger partial charge in [-0.25, -0.2) is 4.68 Å². The SMILES string of the molecule is CC(C)C(c1nnnn1C1CCCC1)N1CCN(Cc2ccc(Cl)cc2)CC1. The number of aromatic nitrogens is 4. The van der Waals surface area contributed by atoms with E-state index in [0.29, 0.717) is 12.0 Å². The molecule has 1 aliphatic heterocycles. The molecule has 4 rings (SSSR count). The second-order valence-corrected chi connectivity index (χ2v) is 8.98. The van der Waals surface area contributed by atoms with E-state index in [-0.39, 0.29) is 6.04 Å². The van der Waals surface area contributed by atoms with Gasteiger partial charge in [0.15, 0.2) is 5.82 Å². The van der Waals surface area contributed by atoms with Crippen LogP contribution in [0.15, 0.2) is 24.3 Å². The summed E-state index contributed by atoms with van der Waals surface area (Å²) < 4.78 is 2.14. The standard InChI is InChI=1S/C21H31ClN6/c1-16(2)20(21-23-24-25-28(21)19-5-3-4-6-19)27-13-11-26(12-14-27)15-17-7-9-18(22)10-8-17/h7-10,16,19-20H,3-6,11-15H2,1-2H3. The molecule has 1 saturated carbocycles. The third kappa shape index (κ3) is 4.39. The van der Waals surface area contributed by atoms with Gasteiger partial charge in [-0.2, -0.15) is 0 Å². The van der Waals surface area contributed by atoms with Crippen LogP contribution in [0, 0.1) is 5.92 Å². The summed E-state index contributed by atoms with van der Waals surface area (Å²) in [5.74, 6) is 1.54. The smallest absolute Gasteiger partial charge is 0.168 e. The molecular formula is C21H31ClN6. The normalized spacial score (nSPS) is 20.9. The fourth-order valence-electron chi connectivity index (χ4n) is 4.73. The maximum atomic E-state index is 6.01. The molecule has 152 valence electrons. The molecular weight excluding hydrogens is 372 g/mol. The van der Waals surface area contributed by atoms with E-state index in [0.717, 1.165) is 43.6 Å². The van der Waals surface area contributed by atoms with E-state index >= 15 is 0 Å². The van der Waals surface area contributed by atoms with Crippen LogP contribution in [-0.4, -0.2) is 56.2 Å². The van der Waals surface area contributed by atoms with Gasteiger partial charge in [-0.05, 0) is 46.9 Å². The number of piperazine rings is 1. The Balaban J connectivity index is 1.41. The predicted molar refractivity (Wildman–Crippen MR) is 111 cm³/mol. The average Bonchev–Trinajstić information content (AvgIpc) is 3.36. The molecule has 0 spiro atoms. The van der Waals surface area contributed by atoms with Crippen molar-refractivity contribution in [1.29, 1.82) is 0 Å². The van der Waals surface area contributed by atoms with Crippen molar-refractivity contribution in [3.8, 4) is 0 Å². The molecule has 2 aromatic rings. The van der Waals surface area contributed by atoms with Gasteiger partial charge in [0.25, 0.3) is 0 Å². The van der Waals surface area contributed by atoms with Gasteiger partial charge in [-0.15, -0.1) is 5.10 Å². The molecule has 1 unspecified atom stereocenters. The van der Waals surface area contributed by atoms with Gasteiger partial charge in [-0.3, -0.25) is 9.80 Å². The van der Waals surface area contributed by atoms with E-state index < -0.39 is 0 Å². The highest BCUT2D eigenvalue weighted by atomic mass is 35.5. The quantitative estimate of drug-likeness (QED) is 0.732. The van der Waals surface area contributed by atoms with Crippen LogP contribution >= 0.6 is 11.6 Å². The first-order valence-corrected chi connectivity index (χ1v) is 11.0. The van der Waals surface area contributed by atoms with Crippen molar-refractivity contribution in [1.82, 2.24) is 30.0 Å². The van der Waals surface area contributed by atoms with E-state index in [9.17, 15) is 0 Å². The topological polar surface area (TPSA) is 50.1 Å². The molecule has 1 aliphatic carbocycles. The highest BCUT2D eigenvalue weighted by Crippen LogP contribution is 2.34. The summed E-state index contributed by atoms with van der Waals surface area (Å²) in [4.78, 5) is 5.11. The lowest BCUT2D eigenvalue weighted by atomic mass is 10.00. The molecule has 7 heteroatoms. The minimum atomic E-state index is 0.285. The van der Waals surface area contributed by atoms with Crippen LogP contribution in [-0.2, 0) is 6.54 Å². The second kappa shape index (κ2) is 8.89. The van der Waals surface area contributed by atoms with E-state index in [2.05, 4.69) is 56.0 Å². The van der Waals surface area contributed by atoms with Gasteiger partial charge in [0, 0.05) is 37.7 Å². The van der Waals surface area contributed by atoms with Gasteiger partial charge < -0.3 is 0 Å². The largest absolute Gasteiger partial charge is 0.297 e. The lowest BCUT2D eigenvalue weighted by Gasteiger charge is -2.40. The first-order valence-electron chi connectivity index (χ1n) is 10.6. The minimum Gasteiger partial charge on any atom is -0.297 e. The summed E-state index contributed by atoms with van der Waals surface area (Å²) in [6.07, 6.45) is 4.99. The van der Waals surface area contributed by atoms with Crippen LogP contribution in [0.25, 0.3) is 0 Å². The van der Waals surface area contributed by atoms with E-state index in [1.165, 1.54) is 31.2 Å². The van der Waals surface area contributed by atoms with E-state index in [1.54, 1.807) is 0 Å². The zero-order valence-electron chi connectivity index (χ0n) is 17.0. The van der Waals surface area contributed by atoms with Crippen LogP contribution in [0.2, 0.25) is 5.02 Å². The summed E-state index contributed by atoms with van der Waals surface area (Å²) in [5, 5.41) is 13.7. The number of tetrazole rings is 1. The monoisotopic (exact) mass is 402 g/mol. The Morgan fingerprint density at radius 2 is 1.71 bits per heavy atom. The van der Waals surface area contributed by atoms with Gasteiger partial charge in [0.1, 0.15) is 0 Å². The Morgan fingerprint density at radius 3 is 2.36 bits per heavy atom. The van der Waals surface area contributed by atoms with Gasteiger partial charge >= 0.3 is 0 Å². The number of halogens is 1. The molecule has 1 atom stereocenters. The van der Waals surface area contributed by atoms with Crippen molar-refractivity contribution >= 4 is 11.6 Å². The van der Waals surface area contributed by atoms with Crippen LogP contribution in [0.1, 0.15) is 63.0 Å². The van der Waals surface area contributed by atoms with Crippen molar-refractivity contribution in [2.45, 2.75) is 58.2 Å². The lowest BCUT2D eigenvalue weighted by molar-refractivity contribution is 0.0653. The summed E-state index contributed by atoms with van der Waals surface area (Å²) in [6, 6.07) is 8.98. The average molecular weight is 403 g/mol. The van der Waals surface area contributed by atoms with Crippen LogP contribution in [0.5, 0.6) is 0 Å². The van der Waals surface area contributed by atoms with Crippen LogP contribution < -0.4 is 0 Å². The molecule has 0 N–H and O–H groups in total. The molecule has 28 heavy (non-hydrogen) atoms. The molecule has 0 bridgehead atoms. The third-order valence-electron chi connectivity index (χ3n) is 6.20. The summed E-state index contributed by atoms with van der Waals surface area (Å²) in [5.41, 5.74) is 1.32. The Bertz CT molecular complexity index is 745. The Hall–Kier alpha value is -1.50. The predicted octanol–water partition coefficient (Wildman–Crippen LogP) is 3.96. The Labute approximate surface area is 172 Å². The Morgan fingerprint density at radius 1 is 1.04 bits per heavy atom. The summed E-state index contributed by atoms with van der Waals surface area (Å²) in [6.45, 7) is 9.80. The fourth-order valence-corrected chi connectivity index (χ4v) is 4.86. The molecule has 1 aromatic heterocycles. The molecule has 2 aliphatic rings. The fraction of sp³-hybridized carbons (Fsp3) is 0.667. The second-order valence-electron chi connectivity index (χ2n) is 8.55. The third-order valence-corrected chi connectivity index (χ3v) is 6.46. The lowest BCUT2D eigenvalue weighted by Crippen LogP contribution is -2.48. The molecule has 2 heterocycles. The molecule has 1 aromatic carbocycles. The zero-order valence-corrected chi connectivity index (χ0v) is 17.7. The number of rotatable bonds is 6. The van der Waals surface area contributed by atoms with Crippen molar-refractivity contribution < 1.29 is 0 Å². The van der Waals surface area contributed by atoms with Crippen molar-refractivity contribution in [2.24, 2.45) is 5.92 Å². The number of benzene rings is 1.